The quantitative estimate of drug-likeness (QED) is 0.561. The van der Waals surface area contributed by atoms with Crippen molar-refractivity contribution in [3.63, 3.8) is 0 Å². The van der Waals surface area contributed by atoms with Crippen molar-refractivity contribution in [3.05, 3.63) is 88.4 Å². The third-order valence-corrected chi connectivity index (χ3v) is 4.63. The van der Waals surface area contributed by atoms with E-state index in [0.717, 1.165) is 11.3 Å². The topological polar surface area (TPSA) is 67.4 Å². The molecule has 0 aliphatic heterocycles. The van der Waals surface area contributed by atoms with Crippen molar-refractivity contribution in [1.29, 1.82) is 0 Å². The Kier molecular flexibility index (Phi) is 6.52. The molecule has 0 aromatic heterocycles. The van der Waals surface area contributed by atoms with Crippen molar-refractivity contribution in [2.75, 3.05) is 17.2 Å². The number of nitrogens with one attached hydrogen (secondary N) is 2. The molecule has 0 fully saturated rings. The lowest BCUT2D eigenvalue weighted by Crippen LogP contribution is -2.15. The van der Waals surface area contributed by atoms with E-state index in [1.807, 2.05) is 38.1 Å². The minimum atomic E-state index is -0.327. The molecule has 0 saturated carbocycles. The van der Waals surface area contributed by atoms with Gasteiger partial charge in [0.15, 0.2) is 0 Å². The molecule has 0 spiro atoms. The van der Waals surface area contributed by atoms with Crippen molar-refractivity contribution in [1.82, 2.24) is 0 Å². The monoisotopic (exact) mass is 408 g/mol. The first kappa shape index (κ1) is 20.4. The predicted octanol–water partition coefficient (Wildman–Crippen LogP) is 5.55. The van der Waals surface area contributed by atoms with E-state index in [0.29, 0.717) is 34.2 Å². The summed E-state index contributed by atoms with van der Waals surface area (Å²) in [5, 5.41) is 5.97. The molecular weight excluding hydrogens is 388 g/mol. The van der Waals surface area contributed by atoms with Crippen LogP contribution in [-0.2, 0) is 0 Å². The van der Waals surface area contributed by atoms with E-state index in [-0.39, 0.29) is 11.8 Å². The first-order valence-electron chi connectivity index (χ1n) is 9.18. The van der Waals surface area contributed by atoms with Crippen LogP contribution in [0.1, 0.15) is 33.2 Å². The largest absolute Gasteiger partial charge is 0.494 e. The van der Waals surface area contributed by atoms with E-state index in [1.54, 1.807) is 42.5 Å². The minimum absolute atomic E-state index is 0.285. The van der Waals surface area contributed by atoms with Crippen molar-refractivity contribution >= 4 is 34.8 Å². The van der Waals surface area contributed by atoms with Gasteiger partial charge in [-0.15, -0.1) is 0 Å². The van der Waals surface area contributed by atoms with Gasteiger partial charge in [0.1, 0.15) is 5.75 Å². The van der Waals surface area contributed by atoms with Gasteiger partial charge in [0.25, 0.3) is 11.8 Å². The van der Waals surface area contributed by atoms with Crippen LogP contribution < -0.4 is 15.4 Å². The molecular formula is C23H21ClN2O3. The third kappa shape index (κ3) is 5.15. The molecule has 0 heterocycles. The maximum absolute atomic E-state index is 12.6. The Balaban J connectivity index is 1.75. The van der Waals surface area contributed by atoms with Gasteiger partial charge in [0, 0.05) is 16.8 Å². The predicted molar refractivity (Wildman–Crippen MR) is 116 cm³/mol. The zero-order valence-electron chi connectivity index (χ0n) is 16.2. The van der Waals surface area contributed by atoms with E-state index in [4.69, 9.17) is 16.3 Å². The zero-order valence-corrected chi connectivity index (χ0v) is 16.9. The van der Waals surface area contributed by atoms with Gasteiger partial charge in [-0.3, -0.25) is 9.59 Å². The van der Waals surface area contributed by atoms with Gasteiger partial charge < -0.3 is 15.4 Å². The lowest BCUT2D eigenvalue weighted by molar-refractivity contribution is 0.101. The Labute approximate surface area is 174 Å². The molecule has 6 heteroatoms. The van der Waals surface area contributed by atoms with Crippen molar-refractivity contribution in [2.45, 2.75) is 13.8 Å². The minimum Gasteiger partial charge on any atom is -0.494 e. The number of rotatable bonds is 6. The van der Waals surface area contributed by atoms with Gasteiger partial charge in [-0.2, -0.15) is 0 Å². The molecule has 0 aliphatic rings. The van der Waals surface area contributed by atoms with Crippen LogP contribution in [0.5, 0.6) is 5.75 Å². The molecule has 3 aromatic rings. The van der Waals surface area contributed by atoms with Crippen LogP contribution in [0.25, 0.3) is 0 Å². The summed E-state index contributed by atoms with van der Waals surface area (Å²) in [4.78, 5) is 25.1. The summed E-state index contributed by atoms with van der Waals surface area (Å²) in [6.07, 6.45) is 0. The maximum Gasteiger partial charge on any atom is 0.255 e. The molecule has 148 valence electrons. The molecule has 0 aliphatic carbocycles. The summed E-state index contributed by atoms with van der Waals surface area (Å²) in [6.45, 7) is 4.36. The van der Waals surface area contributed by atoms with Crippen molar-refractivity contribution in [2.24, 2.45) is 0 Å². The van der Waals surface area contributed by atoms with Gasteiger partial charge in [0.05, 0.1) is 17.3 Å². The summed E-state index contributed by atoms with van der Waals surface area (Å²) < 4.78 is 5.38. The first-order valence-corrected chi connectivity index (χ1v) is 9.56. The van der Waals surface area contributed by atoms with E-state index in [9.17, 15) is 9.59 Å². The Bertz CT molecular complexity index is 1030. The highest BCUT2D eigenvalue weighted by molar-refractivity contribution is 6.34. The number of hydrogen-bond donors (Lipinski definition) is 2. The van der Waals surface area contributed by atoms with Crippen molar-refractivity contribution in [3.8, 4) is 5.75 Å². The molecule has 29 heavy (non-hydrogen) atoms. The summed E-state index contributed by atoms with van der Waals surface area (Å²) in [5.41, 5.74) is 2.90. The average Bonchev–Trinajstić information content (AvgIpc) is 2.72. The van der Waals surface area contributed by atoms with Gasteiger partial charge in [-0.1, -0.05) is 29.8 Å². The number of amides is 2. The summed E-state index contributed by atoms with van der Waals surface area (Å²) >= 11 is 6.22. The van der Waals surface area contributed by atoms with E-state index in [1.165, 1.54) is 0 Å². The standard InChI is InChI=1S/C23H21ClN2O3/c1-3-29-18-11-8-16(9-12-18)22(27)26-21-14-17(10-13-19(21)24)23(28)25-20-7-5-4-6-15(20)2/h4-14H,3H2,1-2H3,(H,25,28)(H,26,27). The van der Waals surface area contributed by atoms with Crippen LogP contribution in [0.3, 0.4) is 0 Å². The van der Waals surface area contributed by atoms with E-state index in [2.05, 4.69) is 10.6 Å². The van der Waals surface area contributed by atoms with Crippen LogP contribution in [0.4, 0.5) is 11.4 Å². The summed E-state index contributed by atoms with van der Waals surface area (Å²) in [7, 11) is 0. The molecule has 5 nitrogen and oxygen atoms in total. The summed E-state index contributed by atoms with van der Waals surface area (Å²) in [6, 6.07) is 19.1. The number of benzene rings is 3. The fraction of sp³-hybridized carbons (Fsp3) is 0.130. The molecule has 0 radical (unpaired) electrons. The molecule has 3 aromatic carbocycles. The summed E-state index contributed by atoms with van der Waals surface area (Å²) in [5.74, 6) is 0.0795. The van der Waals surface area contributed by atoms with Gasteiger partial charge in [-0.25, -0.2) is 0 Å². The number of hydrogen-bond acceptors (Lipinski definition) is 3. The molecule has 0 atom stereocenters. The van der Waals surface area contributed by atoms with Crippen LogP contribution in [0.15, 0.2) is 66.7 Å². The number of anilines is 2. The highest BCUT2D eigenvalue weighted by Gasteiger charge is 2.13. The molecule has 0 saturated heterocycles. The fourth-order valence-electron chi connectivity index (χ4n) is 2.73. The molecule has 2 amide bonds. The van der Waals surface area contributed by atoms with Crippen molar-refractivity contribution < 1.29 is 14.3 Å². The Morgan fingerprint density at radius 1 is 0.862 bits per heavy atom. The lowest BCUT2D eigenvalue weighted by Gasteiger charge is -2.11. The molecule has 2 N–H and O–H groups in total. The second-order valence-corrected chi connectivity index (χ2v) is 6.78. The SMILES string of the molecule is CCOc1ccc(C(=O)Nc2cc(C(=O)Nc3ccccc3C)ccc2Cl)cc1. The second kappa shape index (κ2) is 9.26. The normalized spacial score (nSPS) is 10.3. The number of carbonyl (C=O) groups is 2. The lowest BCUT2D eigenvalue weighted by atomic mass is 10.1. The van der Waals surface area contributed by atoms with E-state index >= 15 is 0 Å². The van der Waals surface area contributed by atoms with Gasteiger partial charge in [0.2, 0.25) is 0 Å². The number of ether oxygens (including phenoxy) is 1. The van der Waals surface area contributed by atoms with Crippen LogP contribution in [0, 0.1) is 6.92 Å². The highest BCUT2D eigenvalue weighted by Crippen LogP contribution is 2.25. The average molecular weight is 409 g/mol. The van der Waals surface area contributed by atoms with E-state index < -0.39 is 0 Å². The number of para-hydroxylation sites is 1. The fourth-order valence-corrected chi connectivity index (χ4v) is 2.90. The molecule has 0 unspecified atom stereocenters. The molecule has 3 rings (SSSR count). The van der Waals surface area contributed by atoms with Gasteiger partial charge in [-0.05, 0) is 67.9 Å². The number of aryl methyl sites for hydroxylation is 1. The number of halogens is 1. The third-order valence-electron chi connectivity index (χ3n) is 4.30. The highest BCUT2D eigenvalue weighted by atomic mass is 35.5. The second-order valence-electron chi connectivity index (χ2n) is 6.38. The maximum atomic E-state index is 12.6. The smallest absolute Gasteiger partial charge is 0.255 e. The van der Waals surface area contributed by atoms with Crippen LogP contribution >= 0.6 is 11.6 Å². The zero-order chi connectivity index (χ0) is 20.8. The Morgan fingerprint density at radius 3 is 2.17 bits per heavy atom. The number of carbonyl (C=O) groups excluding carboxylic acids is 2. The first-order chi connectivity index (χ1) is 14.0. The Hall–Kier alpha value is -3.31. The van der Waals surface area contributed by atoms with Crippen LogP contribution in [0.2, 0.25) is 5.02 Å². The van der Waals surface area contributed by atoms with Crippen LogP contribution in [-0.4, -0.2) is 18.4 Å². The Morgan fingerprint density at radius 2 is 1.48 bits per heavy atom. The van der Waals surface area contributed by atoms with Gasteiger partial charge >= 0.3 is 0 Å². The molecule has 0 bridgehead atoms.